The number of aromatic hydroxyl groups is 1. The predicted octanol–water partition coefficient (Wildman–Crippen LogP) is 7.38. The van der Waals surface area contributed by atoms with E-state index < -0.39 is 0 Å². The number of hydrogen-bond acceptors (Lipinski definition) is 5. The van der Waals surface area contributed by atoms with Crippen molar-refractivity contribution in [3.05, 3.63) is 91.0 Å². The van der Waals surface area contributed by atoms with Crippen molar-refractivity contribution in [1.82, 2.24) is 0 Å². The summed E-state index contributed by atoms with van der Waals surface area (Å²) in [5.41, 5.74) is 3.00. The van der Waals surface area contributed by atoms with Crippen LogP contribution in [0.1, 0.15) is 0 Å². The van der Waals surface area contributed by atoms with E-state index in [1.165, 1.54) is 0 Å². The van der Waals surface area contributed by atoms with Crippen LogP contribution in [-0.4, -0.2) is 5.11 Å². The molecule has 0 aliphatic rings. The van der Waals surface area contributed by atoms with Crippen LogP contribution in [0.3, 0.4) is 0 Å². The number of phenolic OH excluding ortho intramolecular Hbond substituents is 1. The molecular weight excluding hydrogens is 336 g/mol. The Balaban J connectivity index is 1.70. The van der Waals surface area contributed by atoms with E-state index >= 15 is 0 Å². The number of benzene rings is 4. The summed E-state index contributed by atoms with van der Waals surface area (Å²) in [6, 6.07) is 27.9. The van der Waals surface area contributed by atoms with Crippen LogP contribution in [0.2, 0.25) is 0 Å². The molecule has 0 fully saturated rings. The van der Waals surface area contributed by atoms with Crippen LogP contribution in [-0.2, 0) is 0 Å². The molecule has 1 N–H and O–H groups in total. The van der Waals surface area contributed by atoms with Gasteiger partial charge in [-0.25, -0.2) is 0 Å². The molecule has 0 radical (unpaired) electrons. The number of azo groups is 2. The van der Waals surface area contributed by atoms with Gasteiger partial charge in [0.15, 0.2) is 0 Å². The Kier molecular flexibility index (Phi) is 4.66. The van der Waals surface area contributed by atoms with Crippen molar-refractivity contribution in [2.24, 2.45) is 20.5 Å². The molecule has 0 heterocycles. The minimum absolute atomic E-state index is 0.201. The minimum atomic E-state index is 0.201. The molecule has 0 aromatic heterocycles. The smallest absolute Gasteiger partial charge is 0.115 e. The van der Waals surface area contributed by atoms with E-state index in [-0.39, 0.29) is 5.75 Å². The molecule has 4 aromatic rings. The van der Waals surface area contributed by atoms with E-state index in [1.54, 1.807) is 24.3 Å². The summed E-state index contributed by atoms with van der Waals surface area (Å²) in [4.78, 5) is 0. The van der Waals surface area contributed by atoms with E-state index in [0.29, 0.717) is 5.69 Å². The number of rotatable bonds is 4. The molecule has 130 valence electrons. The van der Waals surface area contributed by atoms with E-state index in [9.17, 15) is 5.11 Å². The fourth-order valence-corrected chi connectivity index (χ4v) is 2.68. The Morgan fingerprint density at radius 1 is 0.444 bits per heavy atom. The average Bonchev–Trinajstić information content (AvgIpc) is 2.73. The number of hydrogen-bond donors (Lipinski definition) is 1. The van der Waals surface area contributed by atoms with E-state index in [2.05, 4.69) is 20.5 Å². The lowest BCUT2D eigenvalue weighted by atomic mass is 10.1. The molecule has 5 nitrogen and oxygen atoms in total. The first-order chi connectivity index (χ1) is 13.3. The molecule has 0 saturated carbocycles. The van der Waals surface area contributed by atoms with Gasteiger partial charge in [0.1, 0.15) is 5.75 Å². The molecule has 4 aromatic carbocycles. The molecule has 0 amide bonds. The monoisotopic (exact) mass is 352 g/mol. The maximum atomic E-state index is 9.36. The topological polar surface area (TPSA) is 69.7 Å². The predicted molar refractivity (Wildman–Crippen MR) is 107 cm³/mol. The van der Waals surface area contributed by atoms with Crippen molar-refractivity contribution in [3.63, 3.8) is 0 Å². The van der Waals surface area contributed by atoms with Gasteiger partial charge in [0.2, 0.25) is 0 Å². The van der Waals surface area contributed by atoms with Crippen molar-refractivity contribution < 1.29 is 5.11 Å². The van der Waals surface area contributed by atoms with Gasteiger partial charge >= 0.3 is 0 Å². The van der Waals surface area contributed by atoms with Gasteiger partial charge in [0, 0.05) is 10.8 Å². The van der Waals surface area contributed by atoms with Crippen LogP contribution >= 0.6 is 0 Å². The van der Waals surface area contributed by atoms with E-state index in [1.807, 2.05) is 66.7 Å². The summed E-state index contributed by atoms with van der Waals surface area (Å²) in [6.07, 6.45) is 0. The normalized spacial score (nSPS) is 11.6. The van der Waals surface area contributed by atoms with Gasteiger partial charge in [-0.1, -0.05) is 42.5 Å². The molecule has 0 spiro atoms. The molecule has 4 rings (SSSR count). The van der Waals surface area contributed by atoms with Crippen molar-refractivity contribution in [2.45, 2.75) is 0 Å². The van der Waals surface area contributed by atoms with E-state index in [0.717, 1.165) is 27.8 Å². The van der Waals surface area contributed by atoms with Gasteiger partial charge in [-0.05, 0) is 48.5 Å². The highest BCUT2D eigenvalue weighted by atomic mass is 16.3. The SMILES string of the molecule is Oc1ccc(N=Nc2ccc(N=Nc3ccccc3)c3ccccc23)cc1. The maximum absolute atomic E-state index is 9.36. The van der Waals surface area contributed by atoms with Gasteiger partial charge in [0.25, 0.3) is 0 Å². The molecule has 0 atom stereocenters. The highest BCUT2D eigenvalue weighted by Gasteiger charge is 2.05. The molecule has 0 aliphatic heterocycles. The van der Waals surface area contributed by atoms with Gasteiger partial charge in [-0.3, -0.25) is 0 Å². The molecular formula is C22H16N4O. The summed E-state index contributed by atoms with van der Waals surface area (Å²) in [6.45, 7) is 0. The first-order valence-electron chi connectivity index (χ1n) is 8.49. The standard InChI is InChI=1S/C22H16N4O/c27-18-12-10-17(11-13-18)24-26-22-15-14-21(19-8-4-5-9-20(19)22)25-23-16-6-2-1-3-7-16/h1-15,27H. The van der Waals surface area contributed by atoms with Gasteiger partial charge in [-0.2, -0.15) is 10.2 Å². The van der Waals surface area contributed by atoms with Crippen molar-refractivity contribution in [3.8, 4) is 5.75 Å². The average molecular weight is 352 g/mol. The second kappa shape index (κ2) is 7.58. The van der Waals surface area contributed by atoms with Crippen LogP contribution in [0.5, 0.6) is 5.75 Å². The van der Waals surface area contributed by atoms with Gasteiger partial charge in [-0.15, -0.1) is 10.2 Å². The van der Waals surface area contributed by atoms with Gasteiger partial charge < -0.3 is 5.11 Å². The Morgan fingerprint density at radius 3 is 1.48 bits per heavy atom. The first-order valence-corrected chi connectivity index (χ1v) is 8.49. The van der Waals surface area contributed by atoms with Gasteiger partial charge in [0.05, 0.1) is 22.7 Å². The van der Waals surface area contributed by atoms with Crippen LogP contribution in [0, 0.1) is 0 Å². The summed E-state index contributed by atoms with van der Waals surface area (Å²) in [7, 11) is 0. The third-order valence-corrected chi connectivity index (χ3v) is 4.03. The lowest BCUT2D eigenvalue weighted by Gasteiger charge is -2.04. The third-order valence-electron chi connectivity index (χ3n) is 4.03. The highest BCUT2D eigenvalue weighted by molar-refractivity contribution is 5.99. The molecule has 27 heavy (non-hydrogen) atoms. The zero-order valence-electron chi connectivity index (χ0n) is 14.4. The van der Waals surface area contributed by atoms with Crippen LogP contribution in [0.4, 0.5) is 22.7 Å². The lowest BCUT2D eigenvalue weighted by Crippen LogP contribution is -1.75. The Labute approximate surface area is 156 Å². The van der Waals surface area contributed by atoms with Crippen molar-refractivity contribution in [1.29, 1.82) is 0 Å². The maximum Gasteiger partial charge on any atom is 0.115 e. The number of nitrogens with zero attached hydrogens (tertiary/aromatic N) is 4. The van der Waals surface area contributed by atoms with E-state index in [4.69, 9.17) is 0 Å². The van der Waals surface area contributed by atoms with Crippen LogP contribution in [0.15, 0.2) is 111 Å². The van der Waals surface area contributed by atoms with Crippen LogP contribution < -0.4 is 0 Å². The first kappa shape index (κ1) is 16.6. The summed E-state index contributed by atoms with van der Waals surface area (Å²) < 4.78 is 0. The number of phenols is 1. The van der Waals surface area contributed by atoms with Crippen molar-refractivity contribution in [2.75, 3.05) is 0 Å². The summed E-state index contributed by atoms with van der Waals surface area (Å²) >= 11 is 0. The zero-order chi connectivity index (χ0) is 18.5. The summed E-state index contributed by atoms with van der Waals surface area (Å²) in [5, 5.41) is 28.6. The molecule has 5 heteroatoms. The fourth-order valence-electron chi connectivity index (χ4n) is 2.68. The highest BCUT2D eigenvalue weighted by Crippen LogP contribution is 2.35. The van der Waals surface area contributed by atoms with Crippen molar-refractivity contribution >= 4 is 33.5 Å². The fraction of sp³-hybridized carbons (Fsp3) is 0. The lowest BCUT2D eigenvalue weighted by molar-refractivity contribution is 0.475. The quantitative estimate of drug-likeness (QED) is 0.382. The Bertz CT molecular complexity index is 1120. The zero-order valence-corrected chi connectivity index (χ0v) is 14.4. The molecule has 0 saturated heterocycles. The Morgan fingerprint density at radius 2 is 0.926 bits per heavy atom. The number of fused-ring (bicyclic) bond motifs is 1. The molecule has 0 aliphatic carbocycles. The third kappa shape index (κ3) is 3.88. The largest absolute Gasteiger partial charge is 0.508 e. The van der Waals surface area contributed by atoms with Crippen LogP contribution in [0.25, 0.3) is 10.8 Å². The second-order valence-electron chi connectivity index (χ2n) is 5.90. The molecule has 0 unspecified atom stereocenters. The molecule has 0 bridgehead atoms. The summed E-state index contributed by atoms with van der Waals surface area (Å²) in [5.74, 6) is 0.201. The minimum Gasteiger partial charge on any atom is -0.508 e. The second-order valence-corrected chi connectivity index (χ2v) is 5.90. The Hall–Kier alpha value is -3.86.